The zero-order valence-corrected chi connectivity index (χ0v) is 14.9. The van der Waals surface area contributed by atoms with Crippen molar-refractivity contribution in [3.05, 3.63) is 11.0 Å². The zero-order valence-electron chi connectivity index (χ0n) is 13.3. The van der Waals surface area contributed by atoms with Gasteiger partial charge in [0.15, 0.2) is 0 Å². The number of aryl methyl sites for hydroxylation is 1. The molecule has 2 heterocycles. The van der Waals surface area contributed by atoms with Crippen molar-refractivity contribution in [3.63, 3.8) is 0 Å². The van der Waals surface area contributed by atoms with Gasteiger partial charge in [0.05, 0.1) is 4.90 Å². The normalized spacial score (nSPS) is 15.9. The maximum absolute atomic E-state index is 12.1. The third kappa shape index (κ3) is 4.16. The van der Waals surface area contributed by atoms with E-state index >= 15 is 0 Å². The molecule has 1 aromatic heterocycles. The standard InChI is InChI=1S/C14H21ClN4O2S/c1-9-16-11(15)10(22)12(17-9)18-5-7-19(8-6-18)13(20)21-14(2,3)4/h22H,5-8H2,1-4H3. The van der Waals surface area contributed by atoms with Crippen LogP contribution in [-0.2, 0) is 4.74 Å². The van der Waals surface area contributed by atoms with Gasteiger partial charge in [-0.3, -0.25) is 0 Å². The average molecular weight is 345 g/mol. The Balaban J connectivity index is 2.02. The van der Waals surface area contributed by atoms with Crippen LogP contribution in [0.4, 0.5) is 10.6 Å². The van der Waals surface area contributed by atoms with Gasteiger partial charge in [0, 0.05) is 26.2 Å². The number of carbonyl (C=O) groups excluding carboxylic acids is 1. The van der Waals surface area contributed by atoms with Crippen LogP contribution < -0.4 is 4.90 Å². The summed E-state index contributed by atoms with van der Waals surface area (Å²) in [6.07, 6.45) is -0.282. The van der Waals surface area contributed by atoms with Crippen LogP contribution in [0.15, 0.2) is 4.90 Å². The van der Waals surface area contributed by atoms with Crippen LogP contribution in [-0.4, -0.2) is 52.7 Å². The molecule has 0 aliphatic carbocycles. The molecular weight excluding hydrogens is 324 g/mol. The summed E-state index contributed by atoms with van der Waals surface area (Å²) in [5, 5.41) is 0.348. The first-order valence-corrected chi connectivity index (χ1v) is 7.96. The highest BCUT2D eigenvalue weighted by Gasteiger charge is 2.27. The summed E-state index contributed by atoms with van der Waals surface area (Å²) in [6.45, 7) is 9.82. The van der Waals surface area contributed by atoms with Gasteiger partial charge in [0.25, 0.3) is 0 Å². The van der Waals surface area contributed by atoms with Crippen molar-refractivity contribution in [3.8, 4) is 0 Å². The first-order chi connectivity index (χ1) is 10.2. The Morgan fingerprint density at radius 1 is 1.23 bits per heavy atom. The predicted molar refractivity (Wildman–Crippen MR) is 89.1 cm³/mol. The molecule has 0 saturated carbocycles. The monoisotopic (exact) mass is 344 g/mol. The number of rotatable bonds is 1. The van der Waals surface area contributed by atoms with Crippen molar-refractivity contribution in [1.29, 1.82) is 0 Å². The first-order valence-electron chi connectivity index (χ1n) is 7.13. The summed E-state index contributed by atoms with van der Waals surface area (Å²) in [6, 6.07) is 0. The third-order valence-electron chi connectivity index (χ3n) is 3.17. The van der Waals surface area contributed by atoms with Crippen molar-refractivity contribution in [2.45, 2.75) is 38.2 Å². The van der Waals surface area contributed by atoms with Crippen LogP contribution in [0.5, 0.6) is 0 Å². The largest absolute Gasteiger partial charge is 0.444 e. The van der Waals surface area contributed by atoms with Crippen molar-refractivity contribution >= 4 is 36.1 Å². The highest BCUT2D eigenvalue weighted by atomic mass is 35.5. The number of hydrogen-bond donors (Lipinski definition) is 1. The molecule has 0 bridgehead atoms. The third-order valence-corrected chi connectivity index (χ3v) is 3.98. The molecule has 1 aliphatic heterocycles. The molecule has 1 aliphatic rings. The Hall–Kier alpha value is -1.21. The lowest BCUT2D eigenvalue weighted by molar-refractivity contribution is 0.0240. The molecule has 122 valence electrons. The molecule has 1 aromatic rings. The molecule has 22 heavy (non-hydrogen) atoms. The quantitative estimate of drug-likeness (QED) is 0.627. The van der Waals surface area contributed by atoms with Crippen LogP contribution in [0.25, 0.3) is 0 Å². The number of aromatic nitrogens is 2. The number of hydrogen-bond acceptors (Lipinski definition) is 6. The summed E-state index contributed by atoms with van der Waals surface area (Å²) in [7, 11) is 0. The summed E-state index contributed by atoms with van der Waals surface area (Å²) in [5.41, 5.74) is -0.482. The predicted octanol–water partition coefficient (Wildman–Crippen LogP) is 2.78. The molecule has 1 fully saturated rings. The Morgan fingerprint density at radius 3 is 2.36 bits per heavy atom. The van der Waals surface area contributed by atoms with Crippen molar-refractivity contribution < 1.29 is 9.53 Å². The second-order valence-electron chi connectivity index (χ2n) is 6.19. The van der Waals surface area contributed by atoms with E-state index in [4.69, 9.17) is 16.3 Å². The molecule has 2 rings (SSSR count). The molecule has 0 atom stereocenters. The van der Waals surface area contributed by atoms with E-state index in [1.54, 1.807) is 11.8 Å². The molecule has 8 heteroatoms. The highest BCUT2D eigenvalue weighted by Crippen LogP contribution is 2.28. The minimum atomic E-state index is -0.482. The molecular formula is C14H21ClN4O2S. The number of thiol groups is 1. The maximum atomic E-state index is 12.1. The molecule has 1 saturated heterocycles. The lowest BCUT2D eigenvalue weighted by atomic mass is 10.2. The minimum absolute atomic E-state index is 0.282. The van der Waals surface area contributed by atoms with E-state index in [0.29, 0.717) is 47.9 Å². The van der Waals surface area contributed by atoms with Gasteiger partial charge < -0.3 is 14.5 Å². The Morgan fingerprint density at radius 2 is 1.82 bits per heavy atom. The van der Waals surface area contributed by atoms with E-state index in [0.717, 1.165) is 0 Å². The second-order valence-corrected chi connectivity index (χ2v) is 6.99. The van der Waals surface area contributed by atoms with Crippen LogP contribution in [0.1, 0.15) is 26.6 Å². The van der Waals surface area contributed by atoms with E-state index in [-0.39, 0.29) is 6.09 Å². The van der Waals surface area contributed by atoms with Crippen molar-refractivity contribution in [2.24, 2.45) is 0 Å². The second kappa shape index (κ2) is 6.50. The van der Waals surface area contributed by atoms with Gasteiger partial charge in [0.2, 0.25) is 0 Å². The van der Waals surface area contributed by atoms with Crippen LogP contribution in [0.2, 0.25) is 5.15 Å². The number of anilines is 1. The number of amides is 1. The number of ether oxygens (including phenoxy) is 1. The smallest absolute Gasteiger partial charge is 0.410 e. The van der Waals surface area contributed by atoms with E-state index < -0.39 is 5.60 Å². The van der Waals surface area contributed by atoms with Crippen LogP contribution >= 0.6 is 24.2 Å². The molecule has 0 spiro atoms. The molecule has 0 N–H and O–H groups in total. The SMILES string of the molecule is Cc1nc(Cl)c(S)c(N2CCN(C(=O)OC(C)(C)C)CC2)n1. The number of nitrogens with zero attached hydrogens (tertiary/aromatic N) is 4. The van der Waals surface area contributed by atoms with Gasteiger partial charge in [-0.15, -0.1) is 12.6 Å². The maximum Gasteiger partial charge on any atom is 0.410 e. The summed E-state index contributed by atoms with van der Waals surface area (Å²) >= 11 is 10.4. The van der Waals surface area contributed by atoms with Gasteiger partial charge in [-0.05, 0) is 27.7 Å². The molecule has 0 aromatic carbocycles. The fourth-order valence-corrected chi connectivity index (χ4v) is 2.61. The molecule has 0 unspecified atom stereocenters. The summed E-state index contributed by atoms with van der Waals surface area (Å²) in [5.74, 6) is 1.32. The fraction of sp³-hybridized carbons (Fsp3) is 0.643. The Labute approximate surface area is 141 Å². The Kier molecular flexibility index (Phi) is 5.07. The van der Waals surface area contributed by atoms with E-state index in [1.165, 1.54) is 0 Å². The van der Waals surface area contributed by atoms with Gasteiger partial charge in [-0.25, -0.2) is 14.8 Å². The average Bonchev–Trinajstić information content (AvgIpc) is 2.41. The highest BCUT2D eigenvalue weighted by molar-refractivity contribution is 7.80. The van der Waals surface area contributed by atoms with E-state index in [1.807, 2.05) is 20.8 Å². The number of carbonyl (C=O) groups is 1. The first kappa shape index (κ1) is 17.1. The fourth-order valence-electron chi connectivity index (χ4n) is 2.17. The topological polar surface area (TPSA) is 58.6 Å². The molecule has 6 nitrogen and oxygen atoms in total. The summed E-state index contributed by atoms with van der Waals surface area (Å²) in [4.78, 5) is 24.9. The lowest BCUT2D eigenvalue weighted by Gasteiger charge is -2.36. The molecule has 0 radical (unpaired) electrons. The van der Waals surface area contributed by atoms with Gasteiger partial charge in [-0.2, -0.15) is 0 Å². The zero-order chi connectivity index (χ0) is 16.5. The Bertz CT molecular complexity index is 569. The number of halogens is 1. The van der Waals surface area contributed by atoms with Gasteiger partial charge in [0.1, 0.15) is 22.4 Å². The summed E-state index contributed by atoms with van der Waals surface area (Å²) < 4.78 is 5.39. The molecule has 1 amide bonds. The number of piperazine rings is 1. The van der Waals surface area contributed by atoms with Crippen molar-refractivity contribution in [2.75, 3.05) is 31.1 Å². The van der Waals surface area contributed by atoms with Gasteiger partial charge >= 0.3 is 6.09 Å². The van der Waals surface area contributed by atoms with Crippen molar-refractivity contribution in [1.82, 2.24) is 14.9 Å². The van der Waals surface area contributed by atoms with Gasteiger partial charge in [-0.1, -0.05) is 11.6 Å². The minimum Gasteiger partial charge on any atom is -0.444 e. The van der Waals surface area contributed by atoms with E-state index in [9.17, 15) is 4.79 Å². The lowest BCUT2D eigenvalue weighted by Crippen LogP contribution is -2.50. The van der Waals surface area contributed by atoms with E-state index in [2.05, 4.69) is 27.5 Å². The van der Waals surface area contributed by atoms with Crippen LogP contribution in [0, 0.1) is 6.92 Å². The van der Waals surface area contributed by atoms with Crippen LogP contribution in [0.3, 0.4) is 0 Å².